The molecular weight excluding hydrogens is 219 g/mol. The lowest BCUT2D eigenvalue weighted by Crippen LogP contribution is -1.95. The highest BCUT2D eigenvalue weighted by Gasteiger charge is 2.08. The third-order valence-corrected chi connectivity index (χ3v) is 2.65. The van der Waals surface area contributed by atoms with E-state index in [1.165, 1.54) is 6.07 Å². The maximum atomic E-state index is 13.0. The van der Waals surface area contributed by atoms with Crippen LogP contribution in [0.3, 0.4) is 0 Å². The third kappa shape index (κ3) is 2.84. The van der Waals surface area contributed by atoms with Crippen LogP contribution in [0.25, 0.3) is 0 Å². The molecule has 0 saturated carbocycles. The first-order valence-electron chi connectivity index (χ1n) is 5.57. The highest BCUT2D eigenvalue weighted by molar-refractivity contribution is 5.25. The zero-order valence-electron chi connectivity index (χ0n) is 9.96. The molecule has 90 valence electrons. The minimum absolute atomic E-state index is 0.199. The molecule has 0 atom stereocenters. The number of nitrogens with one attached hydrogen (secondary N) is 1. The molecule has 1 heterocycles. The predicted octanol–water partition coefficient (Wildman–Crippen LogP) is 2.95. The average Bonchev–Trinajstić information content (AvgIpc) is 2.68. The molecule has 4 heteroatoms. The summed E-state index contributed by atoms with van der Waals surface area (Å²) in [6.45, 7) is 1.88. The van der Waals surface area contributed by atoms with E-state index in [2.05, 4.69) is 10.3 Å². The Kier molecular flexibility index (Phi) is 3.42. The van der Waals surface area contributed by atoms with Crippen LogP contribution >= 0.6 is 0 Å². The molecule has 0 fully saturated rings. The van der Waals surface area contributed by atoms with Crippen molar-refractivity contribution in [3.8, 4) is 0 Å². The van der Waals surface area contributed by atoms with Gasteiger partial charge in [0.2, 0.25) is 0 Å². The Morgan fingerprint density at radius 2 is 2.18 bits per heavy atom. The van der Waals surface area contributed by atoms with Gasteiger partial charge in [-0.15, -0.1) is 0 Å². The van der Waals surface area contributed by atoms with E-state index < -0.39 is 0 Å². The summed E-state index contributed by atoms with van der Waals surface area (Å²) in [5, 5.41) is 2.86. The van der Waals surface area contributed by atoms with E-state index >= 15 is 0 Å². The Morgan fingerprint density at radius 1 is 1.35 bits per heavy atom. The van der Waals surface area contributed by atoms with Gasteiger partial charge in [-0.2, -0.15) is 4.98 Å². The van der Waals surface area contributed by atoms with Crippen molar-refractivity contribution in [2.75, 3.05) is 12.4 Å². The van der Waals surface area contributed by atoms with Gasteiger partial charge in [0.25, 0.3) is 6.01 Å². The summed E-state index contributed by atoms with van der Waals surface area (Å²) in [5.41, 5.74) is 1.89. The van der Waals surface area contributed by atoms with Gasteiger partial charge in [-0.3, -0.25) is 0 Å². The van der Waals surface area contributed by atoms with Gasteiger partial charge >= 0.3 is 0 Å². The lowest BCUT2D eigenvalue weighted by Gasteiger charge is -1.99. The summed E-state index contributed by atoms with van der Waals surface area (Å²) in [6.07, 6.45) is 1.51. The summed E-state index contributed by atoms with van der Waals surface area (Å²) in [7, 11) is 1.77. The minimum Gasteiger partial charge on any atom is -0.429 e. The first-order chi connectivity index (χ1) is 8.19. The van der Waals surface area contributed by atoms with Crippen LogP contribution in [0.2, 0.25) is 0 Å². The molecule has 2 aromatic rings. The first-order valence-corrected chi connectivity index (χ1v) is 5.57. The Labute approximate surface area is 99.7 Å². The molecule has 1 aromatic heterocycles. The van der Waals surface area contributed by atoms with Crippen LogP contribution in [-0.2, 0) is 12.8 Å². The maximum Gasteiger partial charge on any atom is 0.294 e. The standard InChI is InChI=1S/C13H15FN2O/c1-9-12(16-13(15-2)17-9)7-6-10-4-3-5-11(14)8-10/h3-5,8H,6-7H2,1-2H3,(H,15,16). The number of aromatic nitrogens is 1. The molecule has 0 aliphatic rings. The van der Waals surface area contributed by atoms with E-state index in [1.807, 2.05) is 13.0 Å². The average molecular weight is 234 g/mol. The van der Waals surface area contributed by atoms with Gasteiger partial charge in [0.05, 0.1) is 5.69 Å². The molecule has 0 unspecified atom stereocenters. The van der Waals surface area contributed by atoms with Crippen molar-refractivity contribution in [3.05, 3.63) is 47.1 Å². The lowest BCUT2D eigenvalue weighted by atomic mass is 10.1. The Bertz CT molecular complexity index is 508. The molecule has 0 spiro atoms. The quantitative estimate of drug-likeness (QED) is 0.883. The van der Waals surface area contributed by atoms with E-state index in [0.29, 0.717) is 6.01 Å². The molecule has 0 amide bonds. The molecule has 0 aliphatic heterocycles. The van der Waals surface area contributed by atoms with E-state index in [4.69, 9.17) is 4.42 Å². The van der Waals surface area contributed by atoms with Gasteiger partial charge in [-0.1, -0.05) is 12.1 Å². The summed E-state index contributed by atoms with van der Waals surface area (Å²) >= 11 is 0. The van der Waals surface area contributed by atoms with Crippen molar-refractivity contribution in [2.45, 2.75) is 19.8 Å². The fourth-order valence-electron chi connectivity index (χ4n) is 1.72. The molecule has 0 radical (unpaired) electrons. The summed E-state index contributed by atoms with van der Waals surface area (Å²) < 4.78 is 18.4. The molecule has 0 bridgehead atoms. The Balaban J connectivity index is 2.04. The number of oxazole rings is 1. The first kappa shape index (κ1) is 11.6. The van der Waals surface area contributed by atoms with Crippen LogP contribution < -0.4 is 5.32 Å². The predicted molar refractivity (Wildman–Crippen MR) is 64.6 cm³/mol. The summed E-state index contributed by atoms with van der Waals surface area (Å²) in [6, 6.07) is 7.16. The van der Waals surface area contributed by atoms with Crippen molar-refractivity contribution >= 4 is 6.01 Å². The molecule has 3 nitrogen and oxygen atoms in total. The van der Waals surface area contributed by atoms with Crippen LogP contribution in [0.15, 0.2) is 28.7 Å². The number of hydrogen-bond acceptors (Lipinski definition) is 3. The Hall–Kier alpha value is -1.84. The molecule has 2 rings (SSSR count). The van der Waals surface area contributed by atoms with Crippen LogP contribution in [0, 0.1) is 12.7 Å². The van der Waals surface area contributed by atoms with Gasteiger partial charge in [-0.05, 0) is 37.5 Å². The van der Waals surface area contributed by atoms with Crippen molar-refractivity contribution < 1.29 is 8.81 Å². The third-order valence-electron chi connectivity index (χ3n) is 2.65. The number of aryl methyl sites for hydroxylation is 3. The van der Waals surface area contributed by atoms with Crippen LogP contribution in [0.5, 0.6) is 0 Å². The van der Waals surface area contributed by atoms with E-state index in [0.717, 1.165) is 29.9 Å². The lowest BCUT2D eigenvalue weighted by molar-refractivity contribution is 0.540. The fraction of sp³-hybridized carbons (Fsp3) is 0.308. The van der Waals surface area contributed by atoms with Gasteiger partial charge in [0.15, 0.2) is 0 Å². The normalized spacial score (nSPS) is 10.5. The highest BCUT2D eigenvalue weighted by Crippen LogP contribution is 2.16. The second-order valence-electron chi connectivity index (χ2n) is 3.90. The fourth-order valence-corrected chi connectivity index (χ4v) is 1.72. The van der Waals surface area contributed by atoms with Crippen molar-refractivity contribution in [2.24, 2.45) is 0 Å². The SMILES string of the molecule is CNc1nc(CCc2cccc(F)c2)c(C)o1. The smallest absolute Gasteiger partial charge is 0.294 e. The number of benzene rings is 1. The second-order valence-corrected chi connectivity index (χ2v) is 3.90. The van der Waals surface area contributed by atoms with Crippen molar-refractivity contribution in [3.63, 3.8) is 0 Å². The van der Waals surface area contributed by atoms with Gasteiger partial charge in [0, 0.05) is 7.05 Å². The molecule has 1 aromatic carbocycles. The summed E-state index contributed by atoms with van der Waals surface area (Å²) in [5.74, 6) is 0.612. The zero-order chi connectivity index (χ0) is 12.3. The maximum absolute atomic E-state index is 13.0. The van der Waals surface area contributed by atoms with Crippen LogP contribution in [0.1, 0.15) is 17.0 Å². The monoisotopic (exact) mass is 234 g/mol. The van der Waals surface area contributed by atoms with Gasteiger partial charge < -0.3 is 9.73 Å². The number of halogens is 1. The molecular formula is C13H15FN2O. The Morgan fingerprint density at radius 3 is 2.82 bits per heavy atom. The van der Waals surface area contributed by atoms with Gasteiger partial charge in [-0.25, -0.2) is 4.39 Å². The molecule has 0 aliphatic carbocycles. The molecule has 17 heavy (non-hydrogen) atoms. The minimum atomic E-state index is -0.199. The number of rotatable bonds is 4. The molecule has 1 N–H and O–H groups in total. The van der Waals surface area contributed by atoms with Crippen molar-refractivity contribution in [1.29, 1.82) is 0 Å². The van der Waals surface area contributed by atoms with Gasteiger partial charge in [0.1, 0.15) is 11.6 Å². The van der Waals surface area contributed by atoms with E-state index in [-0.39, 0.29) is 5.82 Å². The largest absolute Gasteiger partial charge is 0.429 e. The topological polar surface area (TPSA) is 38.1 Å². The van der Waals surface area contributed by atoms with E-state index in [9.17, 15) is 4.39 Å². The van der Waals surface area contributed by atoms with Crippen molar-refractivity contribution in [1.82, 2.24) is 4.98 Å². The number of hydrogen-bond donors (Lipinski definition) is 1. The zero-order valence-corrected chi connectivity index (χ0v) is 9.96. The summed E-state index contributed by atoms with van der Waals surface area (Å²) in [4.78, 5) is 4.29. The highest BCUT2D eigenvalue weighted by atomic mass is 19.1. The number of anilines is 1. The van der Waals surface area contributed by atoms with E-state index in [1.54, 1.807) is 19.2 Å². The molecule has 0 saturated heterocycles. The van der Waals surface area contributed by atoms with Crippen LogP contribution in [0.4, 0.5) is 10.4 Å². The number of nitrogens with zero attached hydrogens (tertiary/aromatic N) is 1. The second kappa shape index (κ2) is 4.99. The van der Waals surface area contributed by atoms with Crippen LogP contribution in [-0.4, -0.2) is 12.0 Å².